The molecule has 1 atom stereocenters. The molecule has 1 aliphatic carbocycles. The molecule has 1 heterocycles. The molecule has 21 heavy (non-hydrogen) atoms. The number of hydrogen-bond acceptors (Lipinski definition) is 5. The number of aromatic nitrogens is 2. The van der Waals surface area contributed by atoms with E-state index in [0.717, 1.165) is 13.0 Å². The van der Waals surface area contributed by atoms with Crippen molar-refractivity contribution in [3.05, 3.63) is 17.8 Å². The Kier molecular flexibility index (Phi) is 5.50. The van der Waals surface area contributed by atoms with E-state index < -0.39 is 0 Å². The van der Waals surface area contributed by atoms with Gasteiger partial charge in [0.15, 0.2) is 5.69 Å². The highest BCUT2D eigenvalue weighted by Gasteiger charge is 2.29. The van der Waals surface area contributed by atoms with Gasteiger partial charge in [-0.15, -0.1) is 10.2 Å². The summed E-state index contributed by atoms with van der Waals surface area (Å²) < 4.78 is 0. The maximum Gasteiger partial charge on any atom is 0.271 e. The molecule has 6 nitrogen and oxygen atoms in total. The van der Waals surface area contributed by atoms with Crippen molar-refractivity contribution < 1.29 is 4.79 Å². The van der Waals surface area contributed by atoms with Crippen molar-refractivity contribution in [3.63, 3.8) is 0 Å². The molecule has 1 aliphatic rings. The fourth-order valence-electron chi connectivity index (χ4n) is 2.12. The molecule has 0 aliphatic heterocycles. The number of likely N-dealkylation sites (N-methyl/N-ethyl adjacent to an activating group) is 1. The number of hydrogen-bond donors (Lipinski definition) is 2. The van der Waals surface area contributed by atoms with E-state index in [2.05, 4.69) is 46.6 Å². The maximum atomic E-state index is 12.0. The monoisotopic (exact) mass is 291 g/mol. The Hall–Kier alpha value is -1.69. The smallest absolute Gasteiger partial charge is 0.271 e. The van der Waals surface area contributed by atoms with E-state index >= 15 is 0 Å². The molecule has 1 saturated carbocycles. The third kappa shape index (κ3) is 4.67. The Bertz CT molecular complexity index is 458. The van der Waals surface area contributed by atoms with Gasteiger partial charge in [0.25, 0.3) is 5.91 Å². The first kappa shape index (κ1) is 15.7. The summed E-state index contributed by atoms with van der Waals surface area (Å²) in [6.07, 6.45) is 3.56. The van der Waals surface area contributed by atoms with E-state index in [0.29, 0.717) is 30.1 Å². The maximum absolute atomic E-state index is 12.0. The normalized spacial score (nSPS) is 15.8. The van der Waals surface area contributed by atoms with Gasteiger partial charge < -0.3 is 10.6 Å². The minimum absolute atomic E-state index is 0.166. The predicted molar refractivity (Wildman–Crippen MR) is 83.4 cm³/mol. The van der Waals surface area contributed by atoms with Gasteiger partial charge >= 0.3 is 0 Å². The molecule has 116 valence electrons. The van der Waals surface area contributed by atoms with Crippen LogP contribution in [0.1, 0.15) is 43.6 Å². The number of nitrogens with zero attached hydrogens (tertiary/aromatic N) is 3. The van der Waals surface area contributed by atoms with Crippen LogP contribution in [-0.4, -0.2) is 53.2 Å². The van der Waals surface area contributed by atoms with Gasteiger partial charge in [-0.3, -0.25) is 9.69 Å². The second-order valence-electron chi connectivity index (χ2n) is 5.69. The topological polar surface area (TPSA) is 70.2 Å². The van der Waals surface area contributed by atoms with Crippen LogP contribution < -0.4 is 10.6 Å². The van der Waals surface area contributed by atoms with Crippen LogP contribution in [-0.2, 0) is 0 Å². The van der Waals surface area contributed by atoms with Crippen LogP contribution in [0.15, 0.2) is 12.1 Å². The molecule has 6 heteroatoms. The summed E-state index contributed by atoms with van der Waals surface area (Å²) in [5.74, 6) is 0.538. The van der Waals surface area contributed by atoms with Crippen LogP contribution >= 0.6 is 0 Å². The average Bonchev–Trinajstić information content (AvgIpc) is 3.34. The number of rotatable bonds is 8. The number of carbonyl (C=O) groups excluding carboxylic acids is 1. The average molecular weight is 291 g/mol. The van der Waals surface area contributed by atoms with Gasteiger partial charge in [-0.25, -0.2) is 0 Å². The molecule has 2 N–H and O–H groups in total. The third-order valence-corrected chi connectivity index (χ3v) is 3.83. The minimum atomic E-state index is -0.166. The molecule has 1 aromatic heterocycles. The van der Waals surface area contributed by atoms with Gasteiger partial charge in [-0.2, -0.15) is 0 Å². The molecule has 1 fully saturated rings. The fourth-order valence-corrected chi connectivity index (χ4v) is 2.12. The van der Waals surface area contributed by atoms with Crippen molar-refractivity contribution in [2.24, 2.45) is 0 Å². The summed E-state index contributed by atoms with van der Waals surface area (Å²) in [4.78, 5) is 14.4. The number of carbonyl (C=O) groups is 1. The second-order valence-corrected chi connectivity index (χ2v) is 5.69. The Morgan fingerprint density at radius 3 is 2.76 bits per heavy atom. The van der Waals surface area contributed by atoms with Crippen molar-refractivity contribution in [1.82, 2.24) is 20.4 Å². The molecular formula is C15H25N5O. The molecule has 1 unspecified atom stereocenters. The highest BCUT2D eigenvalue weighted by molar-refractivity contribution is 5.92. The van der Waals surface area contributed by atoms with E-state index in [4.69, 9.17) is 0 Å². The quantitative estimate of drug-likeness (QED) is 0.760. The van der Waals surface area contributed by atoms with Gasteiger partial charge in [0.2, 0.25) is 0 Å². The predicted octanol–water partition coefficient (Wildman–Crippen LogP) is 1.51. The van der Waals surface area contributed by atoms with Crippen molar-refractivity contribution in [2.45, 2.75) is 45.2 Å². The molecule has 1 aromatic rings. The molecule has 0 bridgehead atoms. The van der Waals surface area contributed by atoms with Crippen molar-refractivity contribution in [3.8, 4) is 0 Å². The van der Waals surface area contributed by atoms with Crippen molar-refractivity contribution in [1.29, 1.82) is 0 Å². The fraction of sp³-hybridized carbons (Fsp3) is 0.667. The first-order valence-electron chi connectivity index (χ1n) is 7.69. The summed E-state index contributed by atoms with van der Waals surface area (Å²) >= 11 is 0. The number of amides is 1. The Morgan fingerprint density at radius 1 is 1.43 bits per heavy atom. The zero-order valence-corrected chi connectivity index (χ0v) is 13.1. The lowest BCUT2D eigenvalue weighted by Gasteiger charge is -2.24. The lowest BCUT2D eigenvalue weighted by molar-refractivity contribution is 0.0933. The SMILES string of the molecule is CCCNc1ccc(C(=O)NCC(C)N(C)C2CC2)nn1. The molecule has 0 saturated heterocycles. The lowest BCUT2D eigenvalue weighted by Crippen LogP contribution is -2.41. The van der Waals surface area contributed by atoms with Crippen LogP contribution in [0.25, 0.3) is 0 Å². The van der Waals surface area contributed by atoms with Crippen LogP contribution in [0, 0.1) is 0 Å². The largest absolute Gasteiger partial charge is 0.369 e. The summed E-state index contributed by atoms with van der Waals surface area (Å²) in [5, 5.41) is 14.0. The summed E-state index contributed by atoms with van der Waals surface area (Å²) in [7, 11) is 2.11. The standard InChI is InChI=1S/C15H25N5O/c1-4-9-16-14-8-7-13(18-19-14)15(21)17-10-11(2)20(3)12-5-6-12/h7-8,11-12H,4-6,9-10H2,1-3H3,(H,16,19)(H,17,21). The van der Waals surface area contributed by atoms with Gasteiger partial charge in [0, 0.05) is 25.2 Å². The van der Waals surface area contributed by atoms with Gasteiger partial charge in [-0.05, 0) is 45.4 Å². The third-order valence-electron chi connectivity index (χ3n) is 3.83. The van der Waals surface area contributed by atoms with E-state index in [9.17, 15) is 4.79 Å². The minimum Gasteiger partial charge on any atom is -0.369 e. The van der Waals surface area contributed by atoms with E-state index in [-0.39, 0.29) is 5.91 Å². The molecule has 0 radical (unpaired) electrons. The second kappa shape index (κ2) is 7.36. The molecule has 2 rings (SSSR count). The highest BCUT2D eigenvalue weighted by Crippen LogP contribution is 2.26. The van der Waals surface area contributed by atoms with Gasteiger partial charge in [0.1, 0.15) is 5.82 Å². The van der Waals surface area contributed by atoms with Crippen molar-refractivity contribution in [2.75, 3.05) is 25.5 Å². The number of nitrogens with one attached hydrogen (secondary N) is 2. The lowest BCUT2D eigenvalue weighted by atomic mass is 10.2. The number of anilines is 1. The van der Waals surface area contributed by atoms with Crippen LogP contribution in [0.3, 0.4) is 0 Å². The molecule has 1 amide bonds. The van der Waals surface area contributed by atoms with E-state index in [1.54, 1.807) is 12.1 Å². The summed E-state index contributed by atoms with van der Waals surface area (Å²) in [5.41, 5.74) is 0.360. The first-order valence-corrected chi connectivity index (χ1v) is 7.69. The molecular weight excluding hydrogens is 266 g/mol. The Balaban J connectivity index is 1.79. The summed E-state index contributed by atoms with van der Waals surface area (Å²) in [6.45, 7) is 5.69. The van der Waals surface area contributed by atoms with Crippen LogP contribution in [0.2, 0.25) is 0 Å². The van der Waals surface area contributed by atoms with Crippen LogP contribution in [0.4, 0.5) is 5.82 Å². The Labute approximate surface area is 126 Å². The van der Waals surface area contributed by atoms with Crippen molar-refractivity contribution >= 4 is 11.7 Å². The van der Waals surface area contributed by atoms with Gasteiger partial charge in [-0.1, -0.05) is 6.92 Å². The van der Waals surface area contributed by atoms with E-state index in [1.165, 1.54) is 12.8 Å². The highest BCUT2D eigenvalue weighted by atomic mass is 16.1. The Morgan fingerprint density at radius 2 is 2.19 bits per heavy atom. The van der Waals surface area contributed by atoms with E-state index in [1.807, 2.05) is 0 Å². The molecule has 0 aromatic carbocycles. The first-order chi connectivity index (χ1) is 10.1. The molecule has 0 spiro atoms. The zero-order chi connectivity index (χ0) is 15.2. The summed E-state index contributed by atoms with van der Waals surface area (Å²) in [6, 6.07) is 4.52. The van der Waals surface area contributed by atoms with Crippen LogP contribution in [0.5, 0.6) is 0 Å². The van der Waals surface area contributed by atoms with Gasteiger partial charge in [0.05, 0.1) is 0 Å². The zero-order valence-electron chi connectivity index (χ0n) is 13.1.